The van der Waals surface area contributed by atoms with E-state index in [0.29, 0.717) is 0 Å². The van der Waals surface area contributed by atoms with Crippen molar-refractivity contribution >= 4 is 5.69 Å². The number of nitrogens with zero attached hydrogens (tertiary/aromatic N) is 2. The highest BCUT2D eigenvalue weighted by Gasteiger charge is 2.32. The Morgan fingerprint density at radius 2 is 1.88 bits per heavy atom. The summed E-state index contributed by atoms with van der Waals surface area (Å²) in [4.78, 5) is 0. The predicted molar refractivity (Wildman–Crippen MR) is 103 cm³/mol. The predicted octanol–water partition coefficient (Wildman–Crippen LogP) is 3.53. The van der Waals surface area contributed by atoms with Crippen LogP contribution in [0, 0.1) is 0 Å². The van der Waals surface area contributed by atoms with Crippen molar-refractivity contribution in [2.24, 2.45) is 0 Å². The summed E-state index contributed by atoms with van der Waals surface area (Å²) in [6.45, 7) is 1.57. The summed E-state index contributed by atoms with van der Waals surface area (Å²) >= 11 is 0. The largest absolute Gasteiger partial charge is 0.388 e. The third kappa shape index (κ3) is 3.36. The van der Waals surface area contributed by atoms with E-state index < -0.39 is 0 Å². The minimum atomic E-state index is -0.000505. The van der Waals surface area contributed by atoms with Crippen molar-refractivity contribution in [2.45, 2.75) is 25.1 Å². The van der Waals surface area contributed by atoms with Crippen molar-refractivity contribution in [3.63, 3.8) is 0 Å². The molecule has 2 atom stereocenters. The summed E-state index contributed by atoms with van der Waals surface area (Å²) in [5, 5.41) is 11.4. The lowest BCUT2D eigenvalue weighted by molar-refractivity contribution is 0.0931. The van der Waals surface area contributed by atoms with Gasteiger partial charge in [0.25, 0.3) is 0 Å². The normalized spacial score (nSPS) is 19.6. The van der Waals surface area contributed by atoms with Crippen LogP contribution in [0.3, 0.4) is 0 Å². The molecule has 0 bridgehead atoms. The standard InChI is InChI=1S/C21H24N4O/c1-22-18-10-6-5-7-16(18)15-23-19-12-14-26-21(19)20-11-13-24-25(20)17-8-3-2-4-9-17/h2-11,13,19,21-23H,12,14-15H2,1H3/t19-,21-/m0/s1. The number of rotatable bonds is 6. The molecule has 1 fully saturated rings. The topological polar surface area (TPSA) is 51.1 Å². The first-order valence-electron chi connectivity index (χ1n) is 9.07. The summed E-state index contributed by atoms with van der Waals surface area (Å²) in [5.74, 6) is 0. The molecule has 1 aromatic heterocycles. The fourth-order valence-electron chi connectivity index (χ4n) is 3.56. The SMILES string of the molecule is CNc1ccccc1CN[C@H]1CCO[C@@H]1c1ccnn1-c1ccccc1. The molecule has 0 unspecified atom stereocenters. The number of anilines is 1. The highest BCUT2D eigenvalue weighted by Crippen LogP contribution is 2.31. The van der Waals surface area contributed by atoms with E-state index in [0.717, 1.165) is 36.6 Å². The van der Waals surface area contributed by atoms with Crippen LogP contribution >= 0.6 is 0 Å². The number of benzene rings is 2. The van der Waals surface area contributed by atoms with Gasteiger partial charge in [0, 0.05) is 38.1 Å². The average molecular weight is 348 g/mol. The second-order valence-electron chi connectivity index (χ2n) is 6.48. The van der Waals surface area contributed by atoms with Gasteiger partial charge < -0.3 is 15.4 Å². The molecule has 0 aliphatic carbocycles. The van der Waals surface area contributed by atoms with Crippen LogP contribution in [-0.4, -0.2) is 29.5 Å². The van der Waals surface area contributed by atoms with E-state index in [4.69, 9.17) is 4.74 Å². The van der Waals surface area contributed by atoms with Gasteiger partial charge in [-0.3, -0.25) is 0 Å². The highest BCUT2D eigenvalue weighted by molar-refractivity contribution is 5.50. The van der Waals surface area contributed by atoms with Crippen LogP contribution in [0.4, 0.5) is 5.69 Å². The maximum atomic E-state index is 6.08. The summed E-state index contributed by atoms with van der Waals surface area (Å²) in [7, 11) is 1.96. The molecule has 2 aromatic carbocycles. The molecule has 26 heavy (non-hydrogen) atoms. The molecule has 1 saturated heterocycles. The van der Waals surface area contributed by atoms with E-state index >= 15 is 0 Å². The molecule has 5 heteroatoms. The molecular formula is C21H24N4O. The van der Waals surface area contributed by atoms with Gasteiger partial charge in [-0.25, -0.2) is 4.68 Å². The van der Waals surface area contributed by atoms with Gasteiger partial charge in [0.05, 0.1) is 11.4 Å². The first-order chi connectivity index (χ1) is 12.9. The average Bonchev–Trinajstić information content (AvgIpc) is 3.36. The van der Waals surface area contributed by atoms with Crippen LogP contribution in [0.15, 0.2) is 66.9 Å². The smallest absolute Gasteiger partial charge is 0.115 e. The van der Waals surface area contributed by atoms with Crippen LogP contribution < -0.4 is 10.6 Å². The van der Waals surface area contributed by atoms with Crippen molar-refractivity contribution in [3.8, 4) is 5.69 Å². The molecule has 0 radical (unpaired) electrons. The lowest BCUT2D eigenvalue weighted by Gasteiger charge is -2.22. The van der Waals surface area contributed by atoms with E-state index in [1.807, 2.05) is 36.1 Å². The Bertz CT molecular complexity index is 846. The Morgan fingerprint density at radius 1 is 1.08 bits per heavy atom. The molecule has 0 amide bonds. The van der Waals surface area contributed by atoms with E-state index in [-0.39, 0.29) is 12.1 Å². The zero-order valence-corrected chi connectivity index (χ0v) is 14.9. The number of aromatic nitrogens is 2. The van der Waals surface area contributed by atoms with Gasteiger partial charge in [0.15, 0.2) is 0 Å². The van der Waals surface area contributed by atoms with Crippen LogP contribution in [0.5, 0.6) is 0 Å². The fourth-order valence-corrected chi connectivity index (χ4v) is 3.56. The number of hydrogen-bond acceptors (Lipinski definition) is 4. The molecule has 2 N–H and O–H groups in total. The molecule has 3 aromatic rings. The Balaban J connectivity index is 1.52. The Hall–Kier alpha value is -2.63. The molecule has 134 valence electrons. The first kappa shape index (κ1) is 16.8. The first-order valence-corrected chi connectivity index (χ1v) is 9.07. The van der Waals surface area contributed by atoms with Gasteiger partial charge >= 0.3 is 0 Å². The zero-order valence-electron chi connectivity index (χ0n) is 14.9. The van der Waals surface area contributed by atoms with Crippen molar-refractivity contribution in [2.75, 3.05) is 19.0 Å². The Morgan fingerprint density at radius 3 is 2.73 bits per heavy atom. The highest BCUT2D eigenvalue weighted by atomic mass is 16.5. The zero-order chi connectivity index (χ0) is 17.8. The van der Waals surface area contributed by atoms with Crippen molar-refractivity contribution in [1.29, 1.82) is 0 Å². The maximum absolute atomic E-state index is 6.08. The summed E-state index contributed by atoms with van der Waals surface area (Å²) in [6.07, 6.45) is 2.84. The van der Waals surface area contributed by atoms with E-state index in [1.165, 1.54) is 5.56 Å². The molecule has 0 spiro atoms. The maximum Gasteiger partial charge on any atom is 0.115 e. The molecule has 4 rings (SSSR count). The third-order valence-electron chi connectivity index (χ3n) is 4.90. The van der Waals surface area contributed by atoms with E-state index in [1.54, 1.807) is 0 Å². The molecule has 5 nitrogen and oxygen atoms in total. The van der Waals surface area contributed by atoms with Crippen molar-refractivity contribution < 1.29 is 4.74 Å². The number of nitrogens with one attached hydrogen (secondary N) is 2. The minimum Gasteiger partial charge on any atom is -0.388 e. The quantitative estimate of drug-likeness (QED) is 0.715. The van der Waals surface area contributed by atoms with Crippen LogP contribution in [0.1, 0.15) is 23.8 Å². The van der Waals surface area contributed by atoms with E-state index in [9.17, 15) is 0 Å². The lowest BCUT2D eigenvalue weighted by Crippen LogP contribution is -2.32. The molecular weight excluding hydrogens is 324 g/mol. The number of para-hydroxylation sites is 2. The van der Waals surface area contributed by atoms with Crippen LogP contribution in [0.2, 0.25) is 0 Å². The van der Waals surface area contributed by atoms with Gasteiger partial charge in [-0.1, -0.05) is 36.4 Å². The van der Waals surface area contributed by atoms with Crippen molar-refractivity contribution in [1.82, 2.24) is 15.1 Å². The fraction of sp³-hybridized carbons (Fsp3) is 0.286. The molecule has 2 heterocycles. The van der Waals surface area contributed by atoms with Gasteiger partial charge in [0.1, 0.15) is 6.10 Å². The molecule has 0 saturated carbocycles. The number of ether oxygens (including phenoxy) is 1. The van der Waals surface area contributed by atoms with Crippen molar-refractivity contribution in [3.05, 3.63) is 78.1 Å². The van der Waals surface area contributed by atoms with E-state index in [2.05, 4.69) is 58.2 Å². The van der Waals surface area contributed by atoms with Gasteiger partial charge in [-0.15, -0.1) is 0 Å². The second-order valence-corrected chi connectivity index (χ2v) is 6.48. The minimum absolute atomic E-state index is 0.000505. The molecule has 1 aliphatic heterocycles. The van der Waals surface area contributed by atoms with Gasteiger partial charge in [-0.2, -0.15) is 5.10 Å². The van der Waals surface area contributed by atoms with Crippen LogP contribution in [0.25, 0.3) is 5.69 Å². The van der Waals surface area contributed by atoms with Crippen LogP contribution in [-0.2, 0) is 11.3 Å². The monoisotopic (exact) mass is 348 g/mol. The number of hydrogen-bond donors (Lipinski definition) is 2. The Labute approximate surface area is 154 Å². The summed E-state index contributed by atoms with van der Waals surface area (Å²) in [5.41, 5.74) is 4.57. The summed E-state index contributed by atoms with van der Waals surface area (Å²) < 4.78 is 8.06. The Kier molecular flexibility index (Phi) is 5.00. The second kappa shape index (κ2) is 7.72. The third-order valence-corrected chi connectivity index (χ3v) is 4.90. The van der Waals surface area contributed by atoms with Gasteiger partial charge in [-0.05, 0) is 36.2 Å². The lowest BCUT2D eigenvalue weighted by atomic mass is 10.1. The summed E-state index contributed by atoms with van der Waals surface area (Å²) in [6, 6.07) is 20.9. The molecule has 1 aliphatic rings. The van der Waals surface area contributed by atoms with Gasteiger partial charge in [0.2, 0.25) is 0 Å².